The number of hydrogen-bond acceptors (Lipinski definition) is 4. The van der Waals surface area contributed by atoms with Gasteiger partial charge in [0.15, 0.2) is 6.61 Å². The van der Waals surface area contributed by atoms with E-state index in [9.17, 15) is 9.90 Å². The Labute approximate surface area is 169 Å². The molecule has 2 aromatic carbocycles. The average Bonchev–Trinajstić information content (AvgIpc) is 2.60. The predicted octanol–water partition coefficient (Wildman–Crippen LogP) is 4.88. The molecule has 0 aliphatic carbocycles. The maximum atomic E-state index is 12.0. The second-order valence-electron chi connectivity index (χ2n) is 6.04. The minimum absolute atomic E-state index is 0.147. The van der Waals surface area contributed by atoms with Gasteiger partial charge in [0.1, 0.15) is 11.5 Å². The summed E-state index contributed by atoms with van der Waals surface area (Å²) in [6.07, 6.45) is 1.50. The topological polar surface area (TPSA) is 70.9 Å². The van der Waals surface area contributed by atoms with E-state index >= 15 is 0 Å². The van der Waals surface area contributed by atoms with Gasteiger partial charge in [-0.15, -0.1) is 0 Å². The summed E-state index contributed by atoms with van der Waals surface area (Å²) in [5.74, 6) is 0.727. The summed E-state index contributed by atoms with van der Waals surface area (Å²) in [4.78, 5) is 12.0. The van der Waals surface area contributed by atoms with E-state index in [1.54, 1.807) is 24.3 Å². The molecule has 138 valence electrons. The number of phenols is 1. The first-order valence-electron chi connectivity index (χ1n) is 8.01. The molecule has 0 atom stereocenters. The van der Waals surface area contributed by atoms with Crippen molar-refractivity contribution >= 4 is 44.0 Å². The Morgan fingerprint density at radius 2 is 1.96 bits per heavy atom. The molecule has 2 rings (SSSR count). The number of carbonyl (C=O) groups is 1. The first-order chi connectivity index (χ1) is 12.3. The van der Waals surface area contributed by atoms with Crippen LogP contribution in [-0.4, -0.2) is 23.8 Å². The van der Waals surface area contributed by atoms with E-state index in [0.717, 1.165) is 25.6 Å². The summed E-state index contributed by atoms with van der Waals surface area (Å²) in [6, 6.07) is 8.50. The van der Waals surface area contributed by atoms with Gasteiger partial charge in [-0.05, 0) is 75.8 Å². The molecule has 2 N–H and O–H groups in total. The Morgan fingerprint density at radius 1 is 1.31 bits per heavy atom. The standard InChI is InChI=1S/C19H20Br2N2O3/c1-11(2)15-8-16(20)12(3)18(21)19(15)26-10-17(25)23-22-9-13-4-6-14(24)7-5-13/h4-9,11,24H,10H2,1-3H3,(H,23,25)/b22-9-. The lowest BCUT2D eigenvalue weighted by Gasteiger charge is -2.18. The molecule has 0 aliphatic rings. The van der Waals surface area contributed by atoms with Gasteiger partial charge in [0.05, 0.1) is 10.7 Å². The highest BCUT2D eigenvalue weighted by Crippen LogP contribution is 2.40. The summed E-state index contributed by atoms with van der Waals surface area (Å²) in [5, 5.41) is 13.1. The Bertz CT molecular complexity index is 819. The molecule has 0 aromatic heterocycles. The second-order valence-corrected chi connectivity index (χ2v) is 7.69. The van der Waals surface area contributed by atoms with Crippen LogP contribution in [0.5, 0.6) is 11.5 Å². The maximum absolute atomic E-state index is 12.0. The zero-order valence-corrected chi connectivity index (χ0v) is 17.9. The van der Waals surface area contributed by atoms with Gasteiger partial charge >= 0.3 is 0 Å². The lowest BCUT2D eigenvalue weighted by Crippen LogP contribution is -2.25. The van der Waals surface area contributed by atoms with Crippen molar-refractivity contribution in [2.75, 3.05) is 6.61 Å². The number of aromatic hydroxyl groups is 1. The predicted molar refractivity (Wildman–Crippen MR) is 110 cm³/mol. The molecular formula is C19H20Br2N2O3. The van der Waals surface area contributed by atoms with Crippen LogP contribution in [0.4, 0.5) is 0 Å². The number of hydrogen-bond donors (Lipinski definition) is 2. The van der Waals surface area contributed by atoms with Gasteiger partial charge in [0.25, 0.3) is 5.91 Å². The van der Waals surface area contributed by atoms with Crippen LogP contribution in [0.2, 0.25) is 0 Å². The maximum Gasteiger partial charge on any atom is 0.277 e. The number of nitrogens with one attached hydrogen (secondary N) is 1. The van der Waals surface area contributed by atoms with Crippen molar-refractivity contribution in [3.05, 3.63) is 56.0 Å². The largest absolute Gasteiger partial charge is 0.508 e. The van der Waals surface area contributed by atoms with Gasteiger partial charge in [-0.1, -0.05) is 29.8 Å². The molecule has 0 aliphatic heterocycles. The number of benzene rings is 2. The van der Waals surface area contributed by atoms with Gasteiger partial charge in [0, 0.05) is 4.47 Å². The summed E-state index contributed by atoms with van der Waals surface area (Å²) in [6.45, 7) is 5.95. The number of nitrogens with zero attached hydrogens (tertiary/aromatic N) is 1. The number of ether oxygens (including phenoxy) is 1. The van der Waals surface area contributed by atoms with Gasteiger partial charge in [0.2, 0.25) is 0 Å². The molecular weight excluding hydrogens is 464 g/mol. The van der Waals surface area contributed by atoms with E-state index in [1.807, 2.05) is 13.0 Å². The van der Waals surface area contributed by atoms with Crippen LogP contribution in [0.3, 0.4) is 0 Å². The molecule has 26 heavy (non-hydrogen) atoms. The van der Waals surface area contributed by atoms with Crippen LogP contribution in [0.15, 0.2) is 44.4 Å². The number of phenolic OH excluding ortho intramolecular Hbond substituents is 1. The highest BCUT2D eigenvalue weighted by Gasteiger charge is 2.17. The van der Waals surface area contributed by atoms with Crippen LogP contribution in [0.25, 0.3) is 0 Å². The second kappa shape index (κ2) is 9.19. The average molecular weight is 484 g/mol. The molecule has 0 radical (unpaired) electrons. The summed E-state index contributed by atoms with van der Waals surface area (Å²) in [7, 11) is 0. The minimum atomic E-state index is -0.359. The first-order valence-corrected chi connectivity index (χ1v) is 9.60. The lowest BCUT2D eigenvalue weighted by molar-refractivity contribution is -0.123. The number of rotatable bonds is 6. The van der Waals surface area contributed by atoms with Crippen molar-refractivity contribution in [3.63, 3.8) is 0 Å². The smallest absolute Gasteiger partial charge is 0.277 e. The van der Waals surface area contributed by atoms with E-state index in [-0.39, 0.29) is 24.2 Å². The highest BCUT2D eigenvalue weighted by atomic mass is 79.9. The van der Waals surface area contributed by atoms with Crippen LogP contribution in [0.1, 0.15) is 36.5 Å². The molecule has 0 bridgehead atoms. The minimum Gasteiger partial charge on any atom is -0.508 e. The first kappa shape index (κ1) is 20.5. The van der Waals surface area contributed by atoms with Crippen molar-refractivity contribution in [3.8, 4) is 11.5 Å². The zero-order valence-electron chi connectivity index (χ0n) is 14.7. The normalized spacial score (nSPS) is 11.2. The van der Waals surface area contributed by atoms with Crippen molar-refractivity contribution in [2.24, 2.45) is 5.10 Å². The van der Waals surface area contributed by atoms with Crippen molar-refractivity contribution < 1.29 is 14.6 Å². The van der Waals surface area contributed by atoms with Crippen LogP contribution >= 0.6 is 31.9 Å². The van der Waals surface area contributed by atoms with E-state index in [1.165, 1.54) is 6.21 Å². The van der Waals surface area contributed by atoms with Crippen LogP contribution in [0, 0.1) is 6.92 Å². The third kappa shape index (κ3) is 5.32. The Kier molecular flexibility index (Phi) is 7.23. The van der Waals surface area contributed by atoms with Gasteiger partial charge in [-0.2, -0.15) is 5.10 Å². The Hall–Kier alpha value is -1.86. The molecule has 1 amide bonds. The van der Waals surface area contributed by atoms with E-state index in [2.05, 4.69) is 56.2 Å². The fourth-order valence-corrected chi connectivity index (χ4v) is 3.46. The van der Waals surface area contributed by atoms with Crippen LogP contribution < -0.4 is 10.2 Å². The molecule has 0 fully saturated rings. The number of halogens is 2. The van der Waals surface area contributed by atoms with E-state index in [0.29, 0.717) is 5.75 Å². The summed E-state index contributed by atoms with van der Waals surface area (Å²) in [5.41, 5.74) is 5.21. The number of carbonyl (C=O) groups excluding carboxylic acids is 1. The quantitative estimate of drug-likeness (QED) is 0.454. The molecule has 5 nitrogen and oxygen atoms in total. The SMILES string of the molecule is Cc1c(Br)cc(C(C)C)c(OCC(=O)N/N=C\c2ccc(O)cc2)c1Br. The molecule has 7 heteroatoms. The van der Waals surface area contributed by atoms with Gasteiger partial charge < -0.3 is 9.84 Å². The lowest BCUT2D eigenvalue weighted by atomic mass is 10.0. The number of amides is 1. The monoisotopic (exact) mass is 482 g/mol. The fourth-order valence-electron chi connectivity index (χ4n) is 2.20. The number of hydrazone groups is 1. The fraction of sp³-hybridized carbons (Fsp3) is 0.263. The third-order valence-corrected chi connectivity index (χ3v) is 5.48. The summed E-state index contributed by atoms with van der Waals surface area (Å²) < 4.78 is 7.58. The third-order valence-electron chi connectivity index (χ3n) is 3.70. The van der Waals surface area contributed by atoms with E-state index < -0.39 is 0 Å². The Morgan fingerprint density at radius 3 is 2.58 bits per heavy atom. The molecule has 0 saturated heterocycles. The molecule has 0 unspecified atom stereocenters. The molecule has 2 aromatic rings. The summed E-state index contributed by atoms with van der Waals surface area (Å²) >= 11 is 7.09. The molecule has 0 saturated carbocycles. The highest BCUT2D eigenvalue weighted by molar-refractivity contribution is 9.11. The van der Waals surface area contributed by atoms with Gasteiger partial charge in [-0.3, -0.25) is 4.79 Å². The molecule has 0 spiro atoms. The zero-order chi connectivity index (χ0) is 19.3. The van der Waals surface area contributed by atoms with Gasteiger partial charge in [-0.25, -0.2) is 5.43 Å². The Balaban J connectivity index is 2.01. The van der Waals surface area contributed by atoms with Crippen LogP contribution in [-0.2, 0) is 4.79 Å². The molecule has 0 heterocycles. The van der Waals surface area contributed by atoms with Crippen molar-refractivity contribution in [1.29, 1.82) is 0 Å². The van der Waals surface area contributed by atoms with Crippen molar-refractivity contribution in [2.45, 2.75) is 26.7 Å². The van der Waals surface area contributed by atoms with Crippen molar-refractivity contribution in [1.82, 2.24) is 5.43 Å². The van der Waals surface area contributed by atoms with E-state index in [4.69, 9.17) is 4.74 Å².